The summed E-state index contributed by atoms with van der Waals surface area (Å²) in [5, 5.41) is 10.3. The highest BCUT2D eigenvalue weighted by Gasteiger charge is 2.31. The molecule has 1 aliphatic rings. The quantitative estimate of drug-likeness (QED) is 0.886. The minimum absolute atomic E-state index is 0.552. The van der Waals surface area contributed by atoms with E-state index in [1.807, 2.05) is 35.2 Å². The summed E-state index contributed by atoms with van der Waals surface area (Å²) in [6.45, 7) is 2.79. The number of nitrogens with zero attached hydrogens (tertiary/aromatic N) is 2. The van der Waals surface area contributed by atoms with E-state index in [0.29, 0.717) is 23.7 Å². The van der Waals surface area contributed by atoms with Gasteiger partial charge in [-0.3, -0.25) is 9.69 Å². The van der Waals surface area contributed by atoms with Crippen molar-refractivity contribution in [2.75, 3.05) is 38.2 Å². The Morgan fingerprint density at radius 3 is 2.48 bits per heavy atom. The van der Waals surface area contributed by atoms with Crippen LogP contribution in [-0.2, 0) is 4.79 Å². The van der Waals surface area contributed by atoms with E-state index in [9.17, 15) is 9.90 Å². The molecule has 1 atom stereocenters. The average Bonchev–Trinajstić information content (AvgIpc) is 2.62. The van der Waals surface area contributed by atoms with Crippen LogP contribution in [0.1, 0.15) is 11.6 Å². The molecular formula is C19H21ClN2O3. The normalized spacial score (nSPS) is 16.5. The Balaban J connectivity index is 1.75. The Morgan fingerprint density at radius 2 is 1.84 bits per heavy atom. The second kappa shape index (κ2) is 7.76. The average molecular weight is 361 g/mol. The number of carboxylic acid groups (broad SMARTS) is 1. The second-order valence-electron chi connectivity index (χ2n) is 5.99. The van der Waals surface area contributed by atoms with Crippen molar-refractivity contribution in [3.05, 3.63) is 59.1 Å². The van der Waals surface area contributed by atoms with Gasteiger partial charge in [0.15, 0.2) is 0 Å². The molecule has 1 unspecified atom stereocenters. The first-order valence-electron chi connectivity index (χ1n) is 8.20. The Morgan fingerprint density at radius 1 is 1.12 bits per heavy atom. The second-order valence-corrected chi connectivity index (χ2v) is 6.43. The van der Waals surface area contributed by atoms with Crippen LogP contribution in [-0.4, -0.2) is 49.3 Å². The monoisotopic (exact) mass is 360 g/mol. The van der Waals surface area contributed by atoms with Gasteiger partial charge in [-0.25, -0.2) is 0 Å². The SMILES string of the molecule is COc1ccccc1N1CCN(C(C(=O)O)c2cccc(Cl)c2)CC1. The number of carbonyl (C=O) groups is 1. The zero-order chi connectivity index (χ0) is 17.8. The third kappa shape index (κ3) is 3.89. The van der Waals surface area contributed by atoms with Crippen molar-refractivity contribution in [1.29, 1.82) is 0 Å². The minimum atomic E-state index is -0.854. The molecule has 1 aliphatic heterocycles. The molecule has 1 heterocycles. The molecule has 132 valence electrons. The molecule has 1 fully saturated rings. The number of benzene rings is 2. The van der Waals surface area contributed by atoms with E-state index in [1.165, 1.54) is 0 Å². The van der Waals surface area contributed by atoms with Crippen molar-refractivity contribution < 1.29 is 14.6 Å². The number of anilines is 1. The molecule has 0 aromatic heterocycles. The molecule has 0 radical (unpaired) electrons. The maximum atomic E-state index is 11.8. The van der Waals surface area contributed by atoms with Gasteiger partial charge in [0.2, 0.25) is 0 Å². The zero-order valence-corrected chi connectivity index (χ0v) is 14.8. The van der Waals surface area contributed by atoms with E-state index in [2.05, 4.69) is 4.90 Å². The molecule has 3 rings (SSSR count). The van der Waals surface area contributed by atoms with Crippen molar-refractivity contribution in [3.63, 3.8) is 0 Å². The number of carboxylic acids is 1. The first-order valence-corrected chi connectivity index (χ1v) is 8.58. The molecule has 0 saturated carbocycles. The van der Waals surface area contributed by atoms with Crippen molar-refractivity contribution >= 4 is 23.3 Å². The van der Waals surface area contributed by atoms with Gasteiger partial charge in [0, 0.05) is 31.2 Å². The van der Waals surface area contributed by atoms with E-state index < -0.39 is 12.0 Å². The lowest BCUT2D eigenvalue weighted by molar-refractivity contribution is -0.143. The predicted molar refractivity (Wildman–Crippen MR) is 98.6 cm³/mol. The van der Waals surface area contributed by atoms with Gasteiger partial charge in [-0.1, -0.05) is 35.9 Å². The summed E-state index contributed by atoms with van der Waals surface area (Å²) in [4.78, 5) is 16.1. The molecule has 0 amide bonds. The Kier molecular flexibility index (Phi) is 5.46. The number of hydrogen-bond acceptors (Lipinski definition) is 4. The molecule has 0 spiro atoms. The maximum Gasteiger partial charge on any atom is 0.325 e. The van der Waals surface area contributed by atoms with Gasteiger partial charge in [0.25, 0.3) is 0 Å². The van der Waals surface area contributed by atoms with Gasteiger partial charge in [-0.2, -0.15) is 0 Å². The number of methoxy groups -OCH3 is 1. The van der Waals surface area contributed by atoms with E-state index >= 15 is 0 Å². The van der Waals surface area contributed by atoms with Crippen LogP contribution in [0, 0.1) is 0 Å². The molecule has 1 saturated heterocycles. The number of para-hydroxylation sites is 2. The summed E-state index contributed by atoms with van der Waals surface area (Å²) in [6, 6.07) is 14.3. The van der Waals surface area contributed by atoms with Crippen LogP contribution in [0.2, 0.25) is 5.02 Å². The maximum absolute atomic E-state index is 11.8. The Labute approximate surface area is 152 Å². The van der Waals surface area contributed by atoms with E-state index in [0.717, 1.165) is 24.5 Å². The smallest absolute Gasteiger partial charge is 0.325 e. The van der Waals surface area contributed by atoms with E-state index in [1.54, 1.807) is 25.3 Å². The largest absolute Gasteiger partial charge is 0.495 e. The lowest BCUT2D eigenvalue weighted by atomic mass is 10.0. The van der Waals surface area contributed by atoms with Crippen LogP contribution < -0.4 is 9.64 Å². The highest BCUT2D eigenvalue weighted by molar-refractivity contribution is 6.30. The number of piperazine rings is 1. The summed E-state index contributed by atoms with van der Waals surface area (Å²) in [7, 11) is 1.66. The molecule has 2 aromatic carbocycles. The number of aliphatic carboxylic acids is 1. The summed E-state index contributed by atoms with van der Waals surface area (Å²) in [5.74, 6) is -0.0198. The highest BCUT2D eigenvalue weighted by Crippen LogP contribution is 2.30. The topological polar surface area (TPSA) is 53.0 Å². The fourth-order valence-corrected chi connectivity index (χ4v) is 3.50. The van der Waals surface area contributed by atoms with Crippen LogP contribution in [0.4, 0.5) is 5.69 Å². The zero-order valence-electron chi connectivity index (χ0n) is 14.1. The molecule has 0 bridgehead atoms. The third-order valence-electron chi connectivity index (χ3n) is 4.50. The fourth-order valence-electron chi connectivity index (χ4n) is 3.30. The molecule has 6 heteroatoms. The first-order chi connectivity index (χ1) is 12.1. The van der Waals surface area contributed by atoms with Gasteiger partial charge >= 0.3 is 5.97 Å². The summed E-state index contributed by atoms with van der Waals surface area (Å²) >= 11 is 6.04. The standard InChI is InChI=1S/C19H21ClN2O3/c1-25-17-8-3-2-7-16(17)21-9-11-22(12-10-21)18(19(23)24)14-5-4-6-15(20)13-14/h2-8,13,18H,9-12H2,1H3,(H,23,24). The van der Waals surface area contributed by atoms with E-state index in [-0.39, 0.29) is 0 Å². The Bertz CT molecular complexity index is 745. The number of ether oxygens (including phenoxy) is 1. The lowest BCUT2D eigenvalue weighted by Gasteiger charge is -2.39. The van der Waals surface area contributed by atoms with Crippen molar-refractivity contribution in [2.45, 2.75) is 6.04 Å². The summed E-state index contributed by atoms with van der Waals surface area (Å²) < 4.78 is 5.43. The number of hydrogen-bond donors (Lipinski definition) is 1. The van der Waals surface area contributed by atoms with Crippen LogP contribution in [0.25, 0.3) is 0 Å². The lowest BCUT2D eigenvalue weighted by Crippen LogP contribution is -2.49. The first kappa shape index (κ1) is 17.6. The number of rotatable bonds is 5. The Hall–Kier alpha value is -2.24. The van der Waals surface area contributed by atoms with Gasteiger partial charge in [-0.15, -0.1) is 0 Å². The van der Waals surface area contributed by atoms with Gasteiger partial charge < -0.3 is 14.7 Å². The van der Waals surface area contributed by atoms with Gasteiger partial charge in [0.05, 0.1) is 12.8 Å². The molecule has 1 N–H and O–H groups in total. The van der Waals surface area contributed by atoms with Crippen LogP contribution in [0.5, 0.6) is 5.75 Å². The van der Waals surface area contributed by atoms with Crippen LogP contribution >= 0.6 is 11.6 Å². The van der Waals surface area contributed by atoms with Gasteiger partial charge in [-0.05, 0) is 29.8 Å². The minimum Gasteiger partial charge on any atom is -0.495 e. The van der Waals surface area contributed by atoms with Crippen molar-refractivity contribution in [3.8, 4) is 5.75 Å². The molecule has 25 heavy (non-hydrogen) atoms. The molecule has 5 nitrogen and oxygen atoms in total. The molecule has 0 aliphatic carbocycles. The van der Waals surface area contributed by atoms with Crippen LogP contribution in [0.15, 0.2) is 48.5 Å². The van der Waals surface area contributed by atoms with E-state index in [4.69, 9.17) is 16.3 Å². The van der Waals surface area contributed by atoms with Crippen molar-refractivity contribution in [2.24, 2.45) is 0 Å². The predicted octanol–water partition coefficient (Wildman–Crippen LogP) is 3.30. The van der Waals surface area contributed by atoms with Gasteiger partial charge in [0.1, 0.15) is 11.8 Å². The van der Waals surface area contributed by atoms with Crippen molar-refractivity contribution in [1.82, 2.24) is 4.90 Å². The summed E-state index contributed by atoms with van der Waals surface area (Å²) in [5.41, 5.74) is 1.75. The van der Waals surface area contributed by atoms with Crippen LogP contribution in [0.3, 0.4) is 0 Å². The number of halogens is 1. The fraction of sp³-hybridized carbons (Fsp3) is 0.316. The summed E-state index contributed by atoms with van der Waals surface area (Å²) in [6.07, 6.45) is 0. The highest BCUT2D eigenvalue weighted by atomic mass is 35.5. The molecule has 2 aromatic rings. The third-order valence-corrected chi connectivity index (χ3v) is 4.74. The molecular weight excluding hydrogens is 340 g/mol.